The highest BCUT2D eigenvalue weighted by Gasteiger charge is 2.38. The molecule has 8 nitrogen and oxygen atoms in total. The number of rotatable bonds is 4. The number of aromatic nitrogens is 6. The van der Waals surface area contributed by atoms with Crippen molar-refractivity contribution >= 4 is 11.5 Å². The minimum atomic E-state index is -0.909. The Labute approximate surface area is 161 Å². The molecule has 28 heavy (non-hydrogen) atoms. The van der Waals surface area contributed by atoms with Crippen molar-refractivity contribution in [2.75, 3.05) is 18.5 Å². The van der Waals surface area contributed by atoms with E-state index in [2.05, 4.69) is 31.2 Å². The second kappa shape index (κ2) is 6.35. The molecule has 0 aliphatic heterocycles. The maximum Gasteiger partial charge on any atom is 0.204 e. The van der Waals surface area contributed by atoms with Crippen molar-refractivity contribution in [3.05, 3.63) is 66.4 Å². The lowest BCUT2D eigenvalue weighted by Gasteiger charge is -2.30. The first kappa shape index (κ1) is 16.8. The van der Waals surface area contributed by atoms with Crippen LogP contribution in [0.4, 0.5) is 5.82 Å². The van der Waals surface area contributed by atoms with Crippen LogP contribution in [-0.4, -0.2) is 48.2 Å². The predicted molar refractivity (Wildman–Crippen MR) is 104 cm³/mol. The van der Waals surface area contributed by atoms with Crippen LogP contribution in [0.5, 0.6) is 0 Å². The molecule has 1 atom stereocenters. The third kappa shape index (κ3) is 2.61. The lowest BCUT2D eigenvalue weighted by atomic mass is 9.95. The van der Waals surface area contributed by atoms with Crippen LogP contribution in [0.3, 0.4) is 0 Å². The fraction of sp³-hybridized carbons (Fsp3) is 0.250. The number of hydrogen-bond donors (Lipinski definition) is 1. The molecule has 1 aliphatic rings. The molecule has 0 amide bonds. The molecule has 0 fully saturated rings. The van der Waals surface area contributed by atoms with E-state index < -0.39 is 5.60 Å². The third-order valence-electron chi connectivity index (χ3n) is 5.29. The number of nitrogens with zero attached hydrogens (tertiary/aromatic N) is 7. The van der Waals surface area contributed by atoms with Gasteiger partial charge in [-0.05, 0) is 24.0 Å². The Hall–Kier alpha value is -3.39. The zero-order valence-electron chi connectivity index (χ0n) is 15.4. The number of fused-ring (bicyclic) bond motifs is 2. The average Bonchev–Trinajstić information content (AvgIpc) is 3.30. The Morgan fingerprint density at radius 1 is 1.14 bits per heavy atom. The first-order chi connectivity index (χ1) is 13.7. The van der Waals surface area contributed by atoms with Crippen molar-refractivity contribution in [3.8, 4) is 11.5 Å². The van der Waals surface area contributed by atoms with E-state index in [0.29, 0.717) is 35.9 Å². The fourth-order valence-corrected chi connectivity index (χ4v) is 3.97. The highest BCUT2D eigenvalue weighted by atomic mass is 16.3. The molecule has 0 saturated carbocycles. The molecule has 140 valence electrons. The summed E-state index contributed by atoms with van der Waals surface area (Å²) in [5, 5.41) is 19.9. The van der Waals surface area contributed by atoms with Crippen LogP contribution in [0.25, 0.3) is 17.2 Å². The number of aliphatic hydroxyl groups is 1. The number of likely N-dealkylation sites (N-methyl/N-ethyl adjacent to an activating group) is 1. The third-order valence-corrected chi connectivity index (χ3v) is 5.29. The van der Waals surface area contributed by atoms with Gasteiger partial charge in [-0.3, -0.25) is 9.38 Å². The summed E-state index contributed by atoms with van der Waals surface area (Å²) in [6.45, 7) is 0.421. The molecule has 1 unspecified atom stereocenters. The quantitative estimate of drug-likeness (QED) is 0.584. The van der Waals surface area contributed by atoms with Gasteiger partial charge in [0.25, 0.3) is 0 Å². The van der Waals surface area contributed by atoms with Gasteiger partial charge < -0.3 is 10.0 Å². The van der Waals surface area contributed by atoms with Crippen LogP contribution in [0.1, 0.15) is 17.5 Å². The highest BCUT2D eigenvalue weighted by molar-refractivity contribution is 5.67. The van der Waals surface area contributed by atoms with Gasteiger partial charge in [0.15, 0.2) is 11.6 Å². The topological polar surface area (TPSA) is 92.3 Å². The van der Waals surface area contributed by atoms with E-state index in [1.54, 1.807) is 31.0 Å². The van der Waals surface area contributed by atoms with Crippen LogP contribution in [0.2, 0.25) is 0 Å². The standard InChI is InChI=1S/C20H19N7O/c1-26(13-20(28)7-6-14-4-2-3-5-15(14)20)18-19-25-24-17(27(19)11-10-23-18)16-12-21-8-9-22-16/h2-5,8-12,28H,6-7,13H2,1H3. The van der Waals surface area contributed by atoms with Crippen LogP contribution < -0.4 is 4.90 Å². The van der Waals surface area contributed by atoms with Gasteiger partial charge in [0, 0.05) is 31.8 Å². The van der Waals surface area contributed by atoms with Crippen LogP contribution in [-0.2, 0) is 12.0 Å². The van der Waals surface area contributed by atoms with Gasteiger partial charge >= 0.3 is 0 Å². The summed E-state index contributed by atoms with van der Waals surface area (Å²) in [6.07, 6.45) is 9.96. The lowest BCUT2D eigenvalue weighted by molar-refractivity contribution is 0.0469. The number of hydrogen-bond acceptors (Lipinski definition) is 7. The second-order valence-electron chi connectivity index (χ2n) is 7.10. The molecule has 0 spiro atoms. The Morgan fingerprint density at radius 3 is 2.89 bits per heavy atom. The molecule has 5 rings (SSSR count). The summed E-state index contributed by atoms with van der Waals surface area (Å²) in [4.78, 5) is 14.8. The molecular formula is C20H19N7O. The van der Waals surface area contributed by atoms with Crippen LogP contribution in [0.15, 0.2) is 55.2 Å². The summed E-state index contributed by atoms with van der Waals surface area (Å²) >= 11 is 0. The van der Waals surface area contributed by atoms with Crippen molar-refractivity contribution in [1.82, 2.24) is 29.5 Å². The Balaban J connectivity index is 1.51. The van der Waals surface area contributed by atoms with E-state index >= 15 is 0 Å². The Kier molecular flexibility index (Phi) is 3.80. The number of aryl methyl sites for hydroxylation is 1. The molecular weight excluding hydrogens is 354 g/mol. The van der Waals surface area contributed by atoms with E-state index in [9.17, 15) is 5.11 Å². The smallest absolute Gasteiger partial charge is 0.204 e. The summed E-state index contributed by atoms with van der Waals surface area (Å²) in [5.41, 5.74) is 2.54. The van der Waals surface area contributed by atoms with Crippen molar-refractivity contribution in [2.45, 2.75) is 18.4 Å². The van der Waals surface area contributed by atoms with E-state index in [0.717, 1.165) is 12.0 Å². The van der Waals surface area contributed by atoms with Crippen molar-refractivity contribution in [3.63, 3.8) is 0 Å². The van der Waals surface area contributed by atoms with Gasteiger partial charge in [0.2, 0.25) is 5.65 Å². The Bertz CT molecular complexity index is 1140. The first-order valence-electron chi connectivity index (χ1n) is 9.14. The van der Waals surface area contributed by atoms with Crippen LogP contribution >= 0.6 is 0 Å². The molecule has 3 heterocycles. The van der Waals surface area contributed by atoms with E-state index in [1.165, 1.54) is 5.56 Å². The normalized spacial score (nSPS) is 18.4. The predicted octanol–water partition coefficient (Wildman–Crippen LogP) is 1.85. The molecule has 4 aromatic rings. The minimum absolute atomic E-state index is 0.421. The zero-order chi connectivity index (χ0) is 19.1. The molecule has 3 aromatic heterocycles. The van der Waals surface area contributed by atoms with Crippen LogP contribution in [0, 0.1) is 0 Å². The summed E-state index contributed by atoms with van der Waals surface area (Å²) in [5.74, 6) is 1.26. The first-order valence-corrected chi connectivity index (χ1v) is 9.14. The molecule has 0 bridgehead atoms. The lowest BCUT2D eigenvalue weighted by Crippen LogP contribution is -2.38. The maximum atomic E-state index is 11.3. The molecule has 1 aliphatic carbocycles. The molecule has 1 N–H and O–H groups in total. The van der Waals surface area contributed by atoms with Crippen molar-refractivity contribution < 1.29 is 5.11 Å². The second-order valence-corrected chi connectivity index (χ2v) is 7.10. The van der Waals surface area contributed by atoms with Gasteiger partial charge in [-0.2, -0.15) is 0 Å². The van der Waals surface area contributed by atoms with E-state index in [4.69, 9.17) is 0 Å². The highest BCUT2D eigenvalue weighted by Crippen LogP contribution is 2.38. The number of benzene rings is 1. The molecule has 0 radical (unpaired) electrons. The summed E-state index contributed by atoms with van der Waals surface area (Å²) in [6, 6.07) is 8.08. The van der Waals surface area contributed by atoms with Gasteiger partial charge in [-0.1, -0.05) is 24.3 Å². The van der Waals surface area contributed by atoms with Gasteiger partial charge in [0.1, 0.15) is 11.3 Å². The summed E-state index contributed by atoms with van der Waals surface area (Å²) < 4.78 is 1.84. The Morgan fingerprint density at radius 2 is 2.04 bits per heavy atom. The minimum Gasteiger partial charge on any atom is -0.383 e. The zero-order valence-corrected chi connectivity index (χ0v) is 15.4. The van der Waals surface area contributed by atoms with E-state index in [-0.39, 0.29) is 0 Å². The van der Waals surface area contributed by atoms with Crippen molar-refractivity contribution in [2.24, 2.45) is 0 Å². The SMILES string of the molecule is CN(CC1(O)CCc2ccccc21)c1nccn2c(-c3cnccn3)nnc12. The van der Waals surface area contributed by atoms with E-state index in [1.807, 2.05) is 34.5 Å². The van der Waals surface area contributed by atoms with Gasteiger partial charge in [0.05, 0.1) is 12.7 Å². The number of anilines is 1. The molecule has 1 aromatic carbocycles. The van der Waals surface area contributed by atoms with Crippen molar-refractivity contribution in [1.29, 1.82) is 0 Å². The van der Waals surface area contributed by atoms with Gasteiger partial charge in [-0.25, -0.2) is 9.97 Å². The largest absolute Gasteiger partial charge is 0.383 e. The monoisotopic (exact) mass is 373 g/mol. The maximum absolute atomic E-state index is 11.3. The summed E-state index contributed by atoms with van der Waals surface area (Å²) in [7, 11) is 1.91. The molecule has 0 saturated heterocycles. The van der Waals surface area contributed by atoms with Gasteiger partial charge in [-0.15, -0.1) is 10.2 Å². The fourth-order valence-electron chi connectivity index (χ4n) is 3.97. The molecule has 8 heteroatoms. The average molecular weight is 373 g/mol.